The van der Waals surface area contributed by atoms with Gasteiger partial charge in [-0.3, -0.25) is 4.79 Å². The highest BCUT2D eigenvalue weighted by molar-refractivity contribution is 5.91. The molecular weight excluding hydrogens is 330 g/mol. The maximum Gasteiger partial charge on any atom is 0.248 e. The number of para-hydroxylation sites is 1. The maximum absolute atomic E-state index is 12.2. The number of aromatic nitrogens is 4. The van der Waals surface area contributed by atoms with Gasteiger partial charge in [0.2, 0.25) is 11.7 Å². The van der Waals surface area contributed by atoms with Gasteiger partial charge in [0.05, 0.1) is 6.61 Å². The van der Waals surface area contributed by atoms with Crippen molar-refractivity contribution in [1.82, 2.24) is 20.2 Å². The molecule has 0 saturated heterocycles. The van der Waals surface area contributed by atoms with Gasteiger partial charge in [0, 0.05) is 11.3 Å². The minimum atomic E-state index is -0.202. The van der Waals surface area contributed by atoms with Gasteiger partial charge in [-0.15, -0.1) is 10.2 Å². The van der Waals surface area contributed by atoms with E-state index in [0.717, 1.165) is 29.0 Å². The molecule has 0 saturated carbocycles. The van der Waals surface area contributed by atoms with Crippen LogP contribution in [0.1, 0.15) is 18.9 Å². The van der Waals surface area contributed by atoms with Crippen LogP contribution in [0.25, 0.3) is 11.4 Å². The van der Waals surface area contributed by atoms with Crippen LogP contribution in [0.3, 0.4) is 0 Å². The van der Waals surface area contributed by atoms with Gasteiger partial charge in [0.25, 0.3) is 0 Å². The lowest BCUT2D eigenvalue weighted by Crippen LogP contribution is -2.20. The van der Waals surface area contributed by atoms with E-state index in [9.17, 15) is 4.79 Å². The van der Waals surface area contributed by atoms with Crippen molar-refractivity contribution in [3.8, 4) is 17.1 Å². The molecule has 0 aliphatic carbocycles. The van der Waals surface area contributed by atoms with Gasteiger partial charge in [-0.25, -0.2) is 0 Å². The number of tetrazole rings is 1. The van der Waals surface area contributed by atoms with E-state index in [-0.39, 0.29) is 12.5 Å². The fraction of sp³-hybridized carbons (Fsp3) is 0.263. The number of nitrogens with zero attached hydrogens (tertiary/aromatic N) is 4. The first-order chi connectivity index (χ1) is 12.7. The van der Waals surface area contributed by atoms with Gasteiger partial charge in [-0.1, -0.05) is 25.1 Å². The van der Waals surface area contributed by atoms with Crippen LogP contribution in [0.4, 0.5) is 5.69 Å². The van der Waals surface area contributed by atoms with Gasteiger partial charge in [0.15, 0.2) is 0 Å². The quantitative estimate of drug-likeness (QED) is 0.707. The van der Waals surface area contributed by atoms with Crippen molar-refractivity contribution in [2.45, 2.75) is 26.8 Å². The second kappa shape index (κ2) is 8.24. The number of carbonyl (C=O) groups excluding carboxylic acids is 1. The van der Waals surface area contributed by atoms with E-state index in [1.54, 1.807) is 0 Å². The second-order valence-electron chi connectivity index (χ2n) is 5.88. The molecule has 0 unspecified atom stereocenters. The summed E-state index contributed by atoms with van der Waals surface area (Å²) in [7, 11) is 0. The minimum Gasteiger partial charge on any atom is -0.494 e. The zero-order valence-corrected chi connectivity index (χ0v) is 14.8. The van der Waals surface area contributed by atoms with E-state index >= 15 is 0 Å². The molecule has 1 amide bonds. The average Bonchev–Trinajstić information content (AvgIpc) is 3.10. The van der Waals surface area contributed by atoms with E-state index in [1.165, 1.54) is 4.80 Å². The van der Waals surface area contributed by atoms with Crippen molar-refractivity contribution in [3.63, 3.8) is 0 Å². The van der Waals surface area contributed by atoms with Crippen LogP contribution in [0.2, 0.25) is 0 Å². The topological polar surface area (TPSA) is 81.9 Å². The monoisotopic (exact) mass is 351 g/mol. The molecule has 0 aliphatic rings. The Balaban J connectivity index is 1.62. The SMILES string of the molecule is CCCOc1ccc(-c2nnn(CC(=O)Nc3ccccc3C)n2)cc1. The lowest BCUT2D eigenvalue weighted by molar-refractivity contribution is -0.117. The summed E-state index contributed by atoms with van der Waals surface area (Å²) in [5, 5.41) is 15.1. The number of hydrogen-bond donors (Lipinski definition) is 1. The number of benzene rings is 2. The molecule has 134 valence electrons. The molecule has 0 fully saturated rings. The first kappa shape index (κ1) is 17.6. The molecule has 2 aromatic carbocycles. The molecule has 7 nitrogen and oxygen atoms in total. The molecule has 26 heavy (non-hydrogen) atoms. The molecule has 0 aliphatic heterocycles. The van der Waals surface area contributed by atoms with E-state index in [1.807, 2.05) is 55.5 Å². The molecule has 1 heterocycles. The van der Waals surface area contributed by atoms with E-state index in [0.29, 0.717) is 12.4 Å². The van der Waals surface area contributed by atoms with Crippen LogP contribution in [0, 0.1) is 6.92 Å². The van der Waals surface area contributed by atoms with Crippen molar-refractivity contribution in [3.05, 3.63) is 54.1 Å². The molecule has 0 atom stereocenters. The highest BCUT2D eigenvalue weighted by atomic mass is 16.5. The number of ether oxygens (including phenoxy) is 1. The Labute approximate surface area is 152 Å². The van der Waals surface area contributed by atoms with Crippen LogP contribution in [-0.2, 0) is 11.3 Å². The average molecular weight is 351 g/mol. The smallest absolute Gasteiger partial charge is 0.248 e. The minimum absolute atomic E-state index is 0.000963. The first-order valence-electron chi connectivity index (χ1n) is 8.52. The lowest BCUT2D eigenvalue weighted by atomic mass is 10.2. The molecular formula is C19H21N5O2. The summed E-state index contributed by atoms with van der Waals surface area (Å²) in [5.41, 5.74) is 2.60. The fourth-order valence-corrected chi connectivity index (χ4v) is 2.38. The summed E-state index contributed by atoms with van der Waals surface area (Å²) in [4.78, 5) is 13.5. The fourth-order valence-electron chi connectivity index (χ4n) is 2.38. The molecule has 1 aromatic heterocycles. The van der Waals surface area contributed by atoms with Gasteiger partial charge >= 0.3 is 0 Å². The predicted molar refractivity (Wildman–Crippen MR) is 98.8 cm³/mol. The van der Waals surface area contributed by atoms with Crippen LogP contribution in [0.5, 0.6) is 5.75 Å². The Morgan fingerprint density at radius 1 is 1.15 bits per heavy atom. The summed E-state index contributed by atoms with van der Waals surface area (Å²) < 4.78 is 5.56. The number of hydrogen-bond acceptors (Lipinski definition) is 5. The molecule has 3 rings (SSSR count). The lowest BCUT2D eigenvalue weighted by Gasteiger charge is -2.07. The zero-order chi connectivity index (χ0) is 18.4. The third kappa shape index (κ3) is 4.44. The third-order valence-electron chi connectivity index (χ3n) is 3.74. The zero-order valence-electron chi connectivity index (χ0n) is 14.8. The number of nitrogens with one attached hydrogen (secondary N) is 1. The molecule has 0 spiro atoms. The number of aryl methyl sites for hydroxylation is 1. The number of carbonyl (C=O) groups is 1. The van der Waals surface area contributed by atoms with Crippen molar-refractivity contribution < 1.29 is 9.53 Å². The summed E-state index contributed by atoms with van der Waals surface area (Å²) in [6, 6.07) is 15.1. The summed E-state index contributed by atoms with van der Waals surface area (Å²) in [5.74, 6) is 1.07. The molecule has 1 N–H and O–H groups in total. The Morgan fingerprint density at radius 3 is 2.65 bits per heavy atom. The van der Waals surface area contributed by atoms with Gasteiger partial charge in [0.1, 0.15) is 12.3 Å². The summed E-state index contributed by atoms with van der Waals surface area (Å²) in [6.45, 7) is 4.68. The number of anilines is 1. The Kier molecular flexibility index (Phi) is 5.58. The Morgan fingerprint density at radius 2 is 1.92 bits per heavy atom. The van der Waals surface area contributed by atoms with Crippen molar-refractivity contribution >= 4 is 11.6 Å². The second-order valence-corrected chi connectivity index (χ2v) is 5.88. The van der Waals surface area contributed by atoms with Crippen molar-refractivity contribution in [2.24, 2.45) is 0 Å². The molecule has 0 radical (unpaired) electrons. The summed E-state index contributed by atoms with van der Waals surface area (Å²) in [6.07, 6.45) is 0.961. The largest absolute Gasteiger partial charge is 0.494 e. The van der Waals surface area contributed by atoms with Crippen LogP contribution < -0.4 is 10.1 Å². The first-order valence-corrected chi connectivity index (χ1v) is 8.52. The predicted octanol–water partition coefficient (Wildman–Crippen LogP) is 3.08. The molecule has 0 bridgehead atoms. The van der Waals surface area contributed by atoms with E-state index < -0.39 is 0 Å². The molecule has 7 heteroatoms. The maximum atomic E-state index is 12.2. The van der Waals surface area contributed by atoms with Crippen LogP contribution in [-0.4, -0.2) is 32.7 Å². The normalized spacial score (nSPS) is 10.5. The summed E-state index contributed by atoms with van der Waals surface area (Å²) >= 11 is 0. The highest BCUT2D eigenvalue weighted by Gasteiger charge is 2.10. The Bertz CT molecular complexity index is 874. The molecule has 3 aromatic rings. The van der Waals surface area contributed by atoms with Crippen LogP contribution in [0.15, 0.2) is 48.5 Å². The van der Waals surface area contributed by atoms with E-state index in [4.69, 9.17) is 4.74 Å². The number of rotatable bonds is 7. The third-order valence-corrected chi connectivity index (χ3v) is 3.74. The van der Waals surface area contributed by atoms with Gasteiger partial charge in [-0.05, 0) is 54.5 Å². The van der Waals surface area contributed by atoms with E-state index in [2.05, 4.69) is 27.7 Å². The van der Waals surface area contributed by atoms with Crippen molar-refractivity contribution in [2.75, 3.05) is 11.9 Å². The van der Waals surface area contributed by atoms with Crippen molar-refractivity contribution in [1.29, 1.82) is 0 Å². The number of amides is 1. The van der Waals surface area contributed by atoms with Crippen LogP contribution >= 0.6 is 0 Å². The van der Waals surface area contributed by atoms with Gasteiger partial charge in [-0.2, -0.15) is 4.80 Å². The standard InChI is InChI=1S/C19H21N5O2/c1-3-12-26-16-10-8-15(9-11-16)19-21-23-24(22-19)13-18(25)20-17-7-5-4-6-14(17)2/h4-11H,3,12-13H2,1-2H3,(H,20,25). The highest BCUT2D eigenvalue weighted by Crippen LogP contribution is 2.19. The van der Waals surface area contributed by atoms with Gasteiger partial charge < -0.3 is 10.1 Å². The Hall–Kier alpha value is -3.22.